The Morgan fingerprint density at radius 1 is 0.920 bits per heavy atom. The Kier molecular flexibility index (Phi) is 4.49. The van der Waals surface area contributed by atoms with Crippen molar-refractivity contribution in [2.24, 2.45) is 0 Å². The fourth-order valence-corrected chi connectivity index (χ4v) is 3.12. The number of benzene rings is 2. The van der Waals surface area contributed by atoms with Gasteiger partial charge in [-0.1, -0.05) is 35.4 Å². The van der Waals surface area contributed by atoms with Crippen LogP contribution >= 0.6 is 0 Å². The lowest BCUT2D eigenvalue weighted by atomic mass is 9.89. The van der Waals surface area contributed by atoms with Crippen molar-refractivity contribution in [1.82, 2.24) is 0 Å². The van der Waals surface area contributed by atoms with E-state index in [0.717, 1.165) is 22.3 Å². The maximum absolute atomic E-state index is 12.5. The molecule has 0 saturated heterocycles. The summed E-state index contributed by atoms with van der Waals surface area (Å²) in [7, 11) is 0. The van der Waals surface area contributed by atoms with Crippen molar-refractivity contribution in [1.29, 1.82) is 0 Å². The summed E-state index contributed by atoms with van der Waals surface area (Å²) in [6.45, 7) is 8.08. The predicted molar refractivity (Wildman–Crippen MR) is 101 cm³/mol. The van der Waals surface area contributed by atoms with Crippen LogP contribution in [0.1, 0.15) is 55.9 Å². The molecule has 3 nitrogen and oxygen atoms in total. The van der Waals surface area contributed by atoms with E-state index in [0.29, 0.717) is 11.3 Å². The van der Waals surface area contributed by atoms with Crippen LogP contribution in [0.5, 0.6) is 11.5 Å². The number of allylic oxidation sites excluding steroid dienone is 2. The molecule has 1 heterocycles. The van der Waals surface area contributed by atoms with E-state index in [4.69, 9.17) is 4.74 Å². The first-order valence-electron chi connectivity index (χ1n) is 8.33. The molecule has 2 aromatic carbocycles. The molecular weight excluding hydrogens is 312 g/mol. The second kappa shape index (κ2) is 6.60. The zero-order valence-electron chi connectivity index (χ0n) is 15.0. The molecule has 1 aliphatic rings. The summed E-state index contributed by atoms with van der Waals surface area (Å²) < 4.78 is 5.42. The van der Waals surface area contributed by atoms with Gasteiger partial charge < -0.3 is 9.84 Å². The van der Waals surface area contributed by atoms with Crippen molar-refractivity contribution in [2.45, 2.75) is 33.6 Å². The molecule has 0 bridgehead atoms. The molecule has 25 heavy (non-hydrogen) atoms. The topological polar surface area (TPSA) is 46.5 Å². The first kappa shape index (κ1) is 17.0. The fourth-order valence-electron chi connectivity index (χ4n) is 3.12. The number of fused-ring (bicyclic) bond motifs is 1. The van der Waals surface area contributed by atoms with Crippen molar-refractivity contribution < 1.29 is 14.6 Å². The Morgan fingerprint density at radius 3 is 2.08 bits per heavy atom. The van der Waals surface area contributed by atoms with E-state index in [2.05, 4.69) is 6.08 Å². The zero-order chi connectivity index (χ0) is 18.1. The van der Waals surface area contributed by atoms with Crippen LogP contribution in [0.2, 0.25) is 0 Å². The second-order valence-corrected chi connectivity index (χ2v) is 6.91. The quantitative estimate of drug-likeness (QED) is 0.613. The van der Waals surface area contributed by atoms with E-state index in [1.54, 1.807) is 6.07 Å². The number of carbonyl (C=O) groups is 1. The Balaban J connectivity index is 2.12. The van der Waals surface area contributed by atoms with Crippen LogP contribution < -0.4 is 4.74 Å². The largest absolute Gasteiger partial charge is 0.508 e. The summed E-state index contributed by atoms with van der Waals surface area (Å²) in [4.78, 5) is 12.5. The van der Waals surface area contributed by atoms with Crippen LogP contribution in [0, 0.1) is 0 Å². The molecule has 2 aromatic rings. The summed E-state index contributed by atoms with van der Waals surface area (Å²) >= 11 is 0. The molecule has 128 valence electrons. The van der Waals surface area contributed by atoms with Gasteiger partial charge in [0.2, 0.25) is 0 Å². The molecule has 3 rings (SSSR count). The molecule has 1 unspecified atom stereocenters. The highest BCUT2D eigenvalue weighted by atomic mass is 16.5. The van der Waals surface area contributed by atoms with Crippen molar-refractivity contribution in [3.05, 3.63) is 69.8 Å². The number of carbonyl (C=O) groups excluding carboxylic acids is 1. The molecule has 3 heteroatoms. The normalized spacial score (nSPS) is 15.4. The molecular formula is C22H22O3. The molecule has 0 saturated carbocycles. The minimum Gasteiger partial charge on any atom is -0.508 e. The van der Waals surface area contributed by atoms with Crippen LogP contribution in [0.3, 0.4) is 0 Å². The third-order valence-electron chi connectivity index (χ3n) is 4.06. The molecule has 0 aromatic heterocycles. The number of hydrogen-bond donors (Lipinski definition) is 1. The van der Waals surface area contributed by atoms with Gasteiger partial charge in [-0.25, -0.2) is 0 Å². The monoisotopic (exact) mass is 334 g/mol. The van der Waals surface area contributed by atoms with Crippen LogP contribution in [0.4, 0.5) is 0 Å². The average molecular weight is 334 g/mol. The number of phenolic OH excluding ortho intramolecular Hbond substituents is 1. The van der Waals surface area contributed by atoms with Gasteiger partial charge in [0.1, 0.15) is 17.4 Å². The maximum Gasteiger partial charge on any atom is 0.323 e. The van der Waals surface area contributed by atoms with Crippen LogP contribution in [0.25, 0.3) is 12.2 Å². The molecule has 1 atom stereocenters. The molecule has 0 amide bonds. The Morgan fingerprint density at radius 2 is 1.48 bits per heavy atom. The van der Waals surface area contributed by atoms with E-state index in [1.807, 2.05) is 64.1 Å². The van der Waals surface area contributed by atoms with Gasteiger partial charge in [0, 0.05) is 11.1 Å². The Bertz CT molecular complexity index is 895. The lowest BCUT2D eigenvalue weighted by Crippen LogP contribution is -2.12. The SMILES string of the molecule is CC(C)=Cc1ccc(O)c(C2C(=O)Oc3ccc(C=C(C)C)cc32)c1. The molecule has 1 N–H and O–H groups in total. The Hall–Kier alpha value is -2.81. The third kappa shape index (κ3) is 3.50. The van der Waals surface area contributed by atoms with Gasteiger partial charge in [-0.3, -0.25) is 4.79 Å². The van der Waals surface area contributed by atoms with E-state index < -0.39 is 5.92 Å². The highest BCUT2D eigenvalue weighted by Crippen LogP contribution is 2.43. The maximum atomic E-state index is 12.5. The number of esters is 1. The summed E-state index contributed by atoms with van der Waals surface area (Å²) in [5, 5.41) is 10.3. The van der Waals surface area contributed by atoms with Gasteiger partial charge in [-0.2, -0.15) is 0 Å². The zero-order valence-corrected chi connectivity index (χ0v) is 15.0. The highest BCUT2D eigenvalue weighted by Gasteiger charge is 2.36. The fraction of sp³-hybridized carbons (Fsp3) is 0.227. The summed E-state index contributed by atoms with van der Waals surface area (Å²) in [6, 6.07) is 11.0. The van der Waals surface area contributed by atoms with Gasteiger partial charge in [0.15, 0.2) is 0 Å². The van der Waals surface area contributed by atoms with Gasteiger partial charge in [0.25, 0.3) is 0 Å². The lowest BCUT2D eigenvalue weighted by molar-refractivity contribution is -0.133. The number of phenols is 1. The second-order valence-electron chi connectivity index (χ2n) is 6.91. The highest BCUT2D eigenvalue weighted by molar-refractivity contribution is 5.90. The lowest BCUT2D eigenvalue weighted by Gasteiger charge is -2.12. The number of hydrogen-bond acceptors (Lipinski definition) is 3. The van der Waals surface area contributed by atoms with Crippen LogP contribution in [-0.2, 0) is 4.79 Å². The minimum absolute atomic E-state index is 0.105. The molecule has 1 aliphatic heterocycles. The van der Waals surface area contributed by atoms with Gasteiger partial charge >= 0.3 is 5.97 Å². The smallest absolute Gasteiger partial charge is 0.323 e. The number of aromatic hydroxyl groups is 1. The van der Waals surface area contributed by atoms with E-state index in [-0.39, 0.29) is 11.7 Å². The van der Waals surface area contributed by atoms with Crippen molar-refractivity contribution >= 4 is 18.1 Å². The van der Waals surface area contributed by atoms with E-state index >= 15 is 0 Å². The van der Waals surface area contributed by atoms with E-state index in [9.17, 15) is 9.90 Å². The van der Waals surface area contributed by atoms with Gasteiger partial charge in [0.05, 0.1) is 0 Å². The van der Waals surface area contributed by atoms with E-state index in [1.165, 1.54) is 5.57 Å². The standard InChI is InChI=1S/C22H22O3/c1-13(2)9-15-5-7-19(23)17(11-15)21-18-12-16(10-14(3)4)6-8-20(18)25-22(21)24/h5-12,21,23H,1-4H3. The van der Waals surface area contributed by atoms with Crippen molar-refractivity contribution in [3.63, 3.8) is 0 Å². The molecule has 0 spiro atoms. The number of ether oxygens (including phenoxy) is 1. The van der Waals surface area contributed by atoms with Crippen molar-refractivity contribution in [2.75, 3.05) is 0 Å². The summed E-state index contributed by atoms with van der Waals surface area (Å²) in [6.07, 6.45) is 4.07. The van der Waals surface area contributed by atoms with Gasteiger partial charge in [-0.15, -0.1) is 0 Å². The molecule has 0 radical (unpaired) electrons. The average Bonchev–Trinajstić information content (AvgIpc) is 2.83. The van der Waals surface area contributed by atoms with Crippen molar-refractivity contribution in [3.8, 4) is 11.5 Å². The van der Waals surface area contributed by atoms with Gasteiger partial charge in [-0.05, 0) is 63.1 Å². The first-order chi connectivity index (χ1) is 11.8. The molecule has 0 fully saturated rings. The summed E-state index contributed by atoms with van der Waals surface area (Å²) in [5.74, 6) is -0.290. The van der Waals surface area contributed by atoms with Crippen LogP contribution in [-0.4, -0.2) is 11.1 Å². The summed E-state index contributed by atoms with van der Waals surface area (Å²) in [5.41, 5.74) is 5.67. The van der Waals surface area contributed by atoms with Crippen LogP contribution in [0.15, 0.2) is 47.5 Å². The number of rotatable bonds is 3. The first-order valence-corrected chi connectivity index (χ1v) is 8.33. The predicted octanol–water partition coefficient (Wildman–Crippen LogP) is 5.29. The minimum atomic E-state index is -0.606. The molecule has 0 aliphatic carbocycles. The Labute approximate surface area is 148 Å². The third-order valence-corrected chi connectivity index (χ3v) is 4.06.